The summed E-state index contributed by atoms with van der Waals surface area (Å²) in [5, 5.41) is 9.58. The van der Waals surface area contributed by atoms with Crippen LogP contribution < -0.4 is 9.47 Å². The number of β-amino-alcohol motifs (C(OH)–C–C–N with tert-alkyl or cyclic N) is 1. The molecule has 3 atom stereocenters. The number of ketones is 1. The lowest BCUT2D eigenvalue weighted by atomic mass is 9.77. The van der Waals surface area contributed by atoms with E-state index in [0.717, 1.165) is 31.2 Å². The monoisotopic (exact) mass is 415 g/mol. The average Bonchev–Trinajstić information content (AvgIpc) is 3.02. The van der Waals surface area contributed by atoms with E-state index in [1.165, 1.54) is 4.90 Å². The molecule has 0 spiro atoms. The molecule has 162 valence electrons. The number of ether oxygens (including phenoxy) is 3. The highest BCUT2D eigenvalue weighted by Crippen LogP contribution is 2.47. The van der Waals surface area contributed by atoms with Crippen molar-refractivity contribution in [2.24, 2.45) is 5.92 Å². The van der Waals surface area contributed by atoms with Crippen molar-refractivity contribution in [1.29, 1.82) is 0 Å². The van der Waals surface area contributed by atoms with Gasteiger partial charge in [-0.3, -0.25) is 9.59 Å². The normalized spacial score (nSPS) is 25.7. The zero-order valence-corrected chi connectivity index (χ0v) is 17.6. The molecule has 2 heterocycles. The quantitative estimate of drug-likeness (QED) is 0.737. The van der Waals surface area contributed by atoms with E-state index in [0.29, 0.717) is 30.3 Å². The number of hydrogen-bond acceptors (Lipinski definition) is 6. The minimum atomic E-state index is -0.593. The second kappa shape index (κ2) is 8.68. The van der Waals surface area contributed by atoms with E-state index in [-0.39, 0.29) is 42.6 Å². The Morgan fingerprint density at radius 1 is 1.10 bits per heavy atom. The van der Waals surface area contributed by atoms with Gasteiger partial charge in [0.25, 0.3) is 5.91 Å². The van der Waals surface area contributed by atoms with E-state index in [9.17, 15) is 14.7 Å². The number of carbonyl (C=O) groups is 2. The number of rotatable bonds is 7. The molecule has 1 amide bonds. The van der Waals surface area contributed by atoms with Crippen LogP contribution >= 0.6 is 0 Å². The van der Waals surface area contributed by atoms with Crippen molar-refractivity contribution < 1.29 is 28.9 Å². The second-order valence-corrected chi connectivity index (χ2v) is 7.85. The number of nitrogens with zero attached hydrogens (tertiary/aromatic N) is 1. The Morgan fingerprint density at radius 2 is 1.83 bits per heavy atom. The van der Waals surface area contributed by atoms with Crippen LogP contribution in [0.2, 0.25) is 0 Å². The Labute approximate surface area is 176 Å². The molecule has 7 heteroatoms. The minimum Gasteiger partial charge on any atom is -0.490 e. The van der Waals surface area contributed by atoms with Crippen molar-refractivity contribution in [3.05, 3.63) is 35.1 Å². The molecule has 1 aromatic rings. The van der Waals surface area contributed by atoms with Gasteiger partial charge in [0.2, 0.25) is 0 Å². The Morgan fingerprint density at radius 3 is 2.57 bits per heavy atom. The van der Waals surface area contributed by atoms with Crippen LogP contribution in [0.15, 0.2) is 29.5 Å². The maximum atomic E-state index is 13.5. The summed E-state index contributed by atoms with van der Waals surface area (Å²) in [6.45, 7) is 4.69. The van der Waals surface area contributed by atoms with Crippen LogP contribution in [-0.2, 0) is 14.3 Å². The van der Waals surface area contributed by atoms with Gasteiger partial charge in [-0.1, -0.05) is 12.5 Å². The van der Waals surface area contributed by atoms with Gasteiger partial charge in [-0.2, -0.15) is 0 Å². The first-order chi connectivity index (χ1) is 14.6. The van der Waals surface area contributed by atoms with Crippen molar-refractivity contribution in [2.75, 3.05) is 26.4 Å². The maximum absolute atomic E-state index is 13.5. The fraction of sp³-hybridized carbons (Fsp3) is 0.565. The van der Waals surface area contributed by atoms with Crippen LogP contribution in [0.4, 0.5) is 0 Å². The third-order valence-electron chi connectivity index (χ3n) is 6.08. The maximum Gasteiger partial charge on any atom is 0.290 e. The highest BCUT2D eigenvalue weighted by Gasteiger charge is 2.51. The van der Waals surface area contributed by atoms with Crippen LogP contribution in [0.1, 0.15) is 51.1 Å². The van der Waals surface area contributed by atoms with Crippen molar-refractivity contribution in [3.8, 4) is 11.5 Å². The van der Waals surface area contributed by atoms with Gasteiger partial charge in [0.15, 0.2) is 23.0 Å². The molecule has 7 nitrogen and oxygen atoms in total. The Hall–Kier alpha value is -2.54. The smallest absolute Gasteiger partial charge is 0.290 e. The van der Waals surface area contributed by atoms with E-state index in [2.05, 4.69) is 0 Å². The molecule has 1 aliphatic carbocycles. The van der Waals surface area contributed by atoms with Crippen molar-refractivity contribution in [1.82, 2.24) is 4.90 Å². The van der Waals surface area contributed by atoms with Gasteiger partial charge in [-0.05, 0) is 50.8 Å². The predicted molar refractivity (Wildman–Crippen MR) is 109 cm³/mol. The van der Waals surface area contributed by atoms with Gasteiger partial charge in [-0.25, -0.2) is 0 Å². The fourth-order valence-electron chi connectivity index (χ4n) is 4.82. The fourth-order valence-corrected chi connectivity index (χ4v) is 4.82. The molecule has 2 aliphatic heterocycles. The highest BCUT2D eigenvalue weighted by molar-refractivity contribution is 6.11. The van der Waals surface area contributed by atoms with Gasteiger partial charge in [0, 0.05) is 6.54 Å². The van der Waals surface area contributed by atoms with Crippen LogP contribution in [0.5, 0.6) is 11.5 Å². The number of carbonyl (C=O) groups excluding carboxylic acids is 2. The summed E-state index contributed by atoms with van der Waals surface area (Å²) in [5.41, 5.74) is 1.17. The zero-order valence-electron chi connectivity index (χ0n) is 17.6. The molecular formula is C23H29NO6. The van der Waals surface area contributed by atoms with E-state index in [1.807, 2.05) is 32.0 Å². The summed E-state index contributed by atoms with van der Waals surface area (Å²) in [6.07, 6.45) is 3.36. The second-order valence-electron chi connectivity index (χ2n) is 7.85. The van der Waals surface area contributed by atoms with Gasteiger partial charge in [0.05, 0.1) is 37.4 Å². The topological polar surface area (TPSA) is 85.3 Å². The van der Waals surface area contributed by atoms with E-state index in [4.69, 9.17) is 14.2 Å². The van der Waals surface area contributed by atoms with Crippen molar-refractivity contribution in [2.45, 2.75) is 51.7 Å². The van der Waals surface area contributed by atoms with Crippen LogP contribution in [0, 0.1) is 5.92 Å². The molecule has 0 bridgehead atoms. The number of aliphatic hydroxyl groups excluding tert-OH is 1. The van der Waals surface area contributed by atoms with Crippen molar-refractivity contribution >= 4 is 11.7 Å². The Bertz CT molecular complexity index is 863. The SMILES string of the molecule is CCOc1ccc(C2C3=C(OC4CCCCC4C3=O)C(=O)N2CCO)cc1OCC. The number of fused-ring (bicyclic) bond motifs is 1. The molecule has 1 saturated carbocycles. The van der Waals surface area contributed by atoms with E-state index < -0.39 is 6.04 Å². The summed E-state index contributed by atoms with van der Waals surface area (Å²) in [5.74, 6) is 0.833. The predicted octanol–water partition coefficient (Wildman–Crippen LogP) is 2.77. The van der Waals surface area contributed by atoms with Gasteiger partial charge < -0.3 is 24.2 Å². The summed E-state index contributed by atoms with van der Waals surface area (Å²) in [4.78, 5) is 28.1. The van der Waals surface area contributed by atoms with Gasteiger partial charge in [0.1, 0.15) is 6.10 Å². The third kappa shape index (κ3) is 3.45. The van der Waals surface area contributed by atoms with Crippen molar-refractivity contribution in [3.63, 3.8) is 0 Å². The number of aliphatic hydroxyl groups is 1. The van der Waals surface area contributed by atoms with Gasteiger partial charge in [-0.15, -0.1) is 0 Å². The standard InChI is InChI=1S/C23H29NO6/c1-3-28-17-10-9-14(13-18(17)29-4-2)20-19-21(26)15-7-5-6-8-16(15)30-22(19)23(27)24(20)11-12-25/h9-10,13,15-16,20,25H,3-8,11-12H2,1-2H3. The first-order valence-electron chi connectivity index (χ1n) is 10.9. The molecule has 3 aliphatic rings. The summed E-state index contributed by atoms with van der Waals surface area (Å²) in [6, 6.07) is 4.89. The van der Waals surface area contributed by atoms with E-state index >= 15 is 0 Å². The number of Topliss-reactive ketones (excluding diaryl/α,β-unsaturated/α-hetero) is 1. The zero-order chi connectivity index (χ0) is 21.3. The van der Waals surface area contributed by atoms with Crippen LogP contribution in [-0.4, -0.2) is 54.2 Å². The molecule has 4 rings (SSSR count). The molecule has 3 unspecified atom stereocenters. The molecule has 0 radical (unpaired) electrons. The summed E-state index contributed by atoms with van der Waals surface area (Å²) < 4.78 is 17.5. The number of hydrogen-bond donors (Lipinski definition) is 1. The Balaban J connectivity index is 1.78. The molecule has 0 aromatic heterocycles. The third-order valence-corrected chi connectivity index (χ3v) is 6.08. The Kier molecular flexibility index (Phi) is 5.99. The van der Waals surface area contributed by atoms with Gasteiger partial charge >= 0.3 is 0 Å². The summed E-state index contributed by atoms with van der Waals surface area (Å²) >= 11 is 0. The molecule has 0 saturated heterocycles. The number of benzene rings is 1. The lowest BCUT2D eigenvalue weighted by molar-refractivity contribution is -0.135. The molecule has 1 N–H and O–H groups in total. The molecule has 1 fully saturated rings. The highest BCUT2D eigenvalue weighted by atomic mass is 16.5. The van der Waals surface area contributed by atoms with E-state index in [1.54, 1.807) is 0 Å². The lowest BCUT2D eigenvalue weighted by Crippen LogP contribution is -2.39. The first-order valence-corrected chi connectivity index (χ1v) is 10.9. The largest absolute Gasteiger partial charge is 0.490 e. The van der Waals surface area contributed by atoms with Crippen LogP contribution in [0.3, 0.4) is 0 Å². The molecular weight excluding hydrogens is 386 g/mol. The van der Waals surface area contributed by atoms with Crippen LogP contribution in [0.25, 0.3) is 0 Å². The summed E-state index contributed by atoms with van der Waals surface area (Å²) in [7, 11) is 0. The minimum absolute atomic E-state index is 0.00610. The molecule has 30 heavy (non-hydrogen) atoms. The molecule has 1 aromatic carbocycles. The average molecular weight is 415 g/mol. The number of amides is 1. The first kappa shape index (κ1) is 20.7. The lowest BCUT2D eigenvalue weighted by Gasteiger charge is -2.35.